The number of anilines is 1. The first-order valence-electron chi connectivity index (χ1n) is 9.03. The summed E-state index contributed by atoms with van der Waals surface area (Å²) in [6.07, 6.45) is 0. The zero-order chi connectivity index (χ0) is 19.8. The molecule has 1 unspecified atom stereocenters. The lowest BCUT2D eigenvalue weighted by Gasteiger charge is -2.19. The first kappa shape index (κ1) is 20.3. The van der Waals surface area contributed by atoms with E-state index >= 15 is 0 Å². The third-order valence-corrected chi connectivity index (χ3v) is 3.92. The highest BCUT2D eigenvalue weighted by atomic mass is 16.5. The van der Waals surface area contributed by atoms with Crippen molar-refractivity contribution in [2.24, 2.45) is 0 Å². The van der Waals surface area contributed by atoms with Crippen LogP contribution in [0.5, 0.6) is 11.5 Å². The molecular formula is C21H26N2O4. The van der Waals surface area contributed by atoms with Crippen LogP contribution in [0.1, 0.15) is 37.9 Å². The number of aryl methyl sites for hydroxylation is 1. The summed E-state index contributed by atoms with van der Waals surface area (Å²) >= 11 is 0. The van der Waals surface area contributed by atoms with E-state index in [1.54, 1.807) is 24.3 Å². The molecule has 0 aliphatic carbocycles. The summed E-state index contributed by atoms with van der Waals surface area (Å²) in [4.78, 5) is 24.7. The normalized spacial score (nSPS) is 11.4. The molecule has 0 aliphatic rings. The van der Waals surface area contributed by atoms with Gasteiger partial charge in [0.2, 0.25) is 0 Å². The van der Waals surface area contributed by atoms with Crippen LogP contribution in [0.4, 0.5) is 5.69 Å². The lowest BCUT2D eigenvalue weighted by molar-refractivity contribution is -0.136. The van der Waals surface area contributed by atoms with Gasteiger partial charge < -0.3 is 20.1 Å². The smallest absolute Gasteiger partial charge is 0.313 e. The molecule has 2 aromatic carbocycles. The Balaban J connectivity index is 2.08. The van der Waals surface area contributed by atoms with Crippen LogP contribution >= 0.6 is 0 Å². The van der Waals surface area contributed by atoms with Crippen LogP contribution in [0.3, 0.4) is 0 Å². The van der Waals surface area contributed by atoms with Gasteiger partial charge in [0.05, 0.1) is 24.9 Å². The summed E-state index contributed by atoms with van der Waals surface area (Å²) in [6.45, 7) is 8.51. The zero-order valence-corrected chi connectivity index (χ0v) is 16.2. The van der Waals surface area contributed by atoms with Crippen molar-refractivity contribution in [2.45, 2.75) is 33.7 Å². The Hall–Kier alpha value is -3.02. The molecule has 0 fully saturated rings. The molecule has 0 aliphatic heterocycles. The molecule has 6 heteroatoms. The van der Waals surface area contributed by atoms with Gasteiger partial charge in [-0.05, 0) is 45.9 Å². The molecule has 0 heterocycles. The molecule has 0 saturated heterocycles. The van der Waals surface area contributed by atoms with Gasteiger partial charge in [-0.15, -0.1) is 0 Å². The minimum Gasteiger partial charge on any atom is -0.494 e. The Labute approximate surface area is 159 Å². The van der Waals surface area contributed by atoms with Crippen molar-refractivity contribution in [1.82, 2.24) is 5.32 Å². The van der Waals surface area contributed by atoms with E-state index in [-0.39, 0.29) is 6.04 Å². The molecule has 2 N–H and O–H groups in total. The molecule has 0 saturated carbocycles. The predicted molar refractivity (Wildman–Crippen MR) is 105 cm³/mol. The van der Waals surface area contributed by atoms with Crippen molar-refractivity contribution in [2.75, 3.05) is 18.5 Å². The average molecular weight is 370 g/mol. The number of hydrogen-bond acceptors (Lipinski definition) is 4. The highest BCUT2D eigenvalue weighted by Crippen LogP contribution is 2.27. The van der Waals surface area contributed by atoms with Gasteiger partial charge in [-0.3, -0.25) is 9.59 Å². The second-order valence-electron chi connectivity index (χ2n) is 6.05. The first-order valence-corrected chi connectivity index (χ1v) is 9.03. The quantitative estimate of drug-likeness (QED) is 0.730. The molecule has 0 radical (unpaired) electrons. The SMILES string of the molecule is CCOc1ccccc1NC(=O)C(=O)NC(C)c1cc(C)ccc1OCC. The van der Waals surface area contributed by atoms with Crippen LogP contribution < -0.4 is 20.1 Å². The van der Waals surface area contributed by atoms with Crippen LogP contribution in [-0.4, -0.2) is 25.0 Å². The summed E-state index contributed by atoms with van der Waals surface area (Å²) < 4.78 is 11.1. The highest BCUT2D eigenvalue weighted by Gasteiger charge is 2.20. The van der Waals surface area contributed by atoms with E-state index in [1.807, 2.05) is 45.9 Å². The maximum atomic E-state index is 12.3. The highest BCUT2D eigenvalue weighted by molar-refractivity contribution is 6.39. The van der Waals surface area contributed by atoms with Crippen LogP contribution in [0.25, 0.3) is 0 Å². The van der Waals surface area contributed by atoms with Gasteiger partial charge in [-0.2, -0.15) is 0 Å². The Morgan fingerprint density at radius 2 is 1.63 bits per heavy atom. The van der Waals surface area contributed by atoms with Crippen molar-refractivity contribution in [3.8, 4) is 11.5 Å². The largest absolute Gasteiger partial charge is 0.494 e. The Kier molecular flexibility index (Phi) is 7.23. The molecule has 0 bridgehead atoms. The number of ether oxygens (including phenoxy) is 2. The number of carbonyl (C=O) groups excluding carboxylic acids is 2. The number of para-hydroxylation sites is 2. The Morgan fingerprint density at radius 1 is 0.963 bits per heavy atom. The number of amides is 2. The molecule has 2 rings (SSSR count). The summed E-state index contributed by atoms with van der Waals surface area (Å²) in [6, 6.07) is 12.4. The molecular weight excluding hydrogens is 344 g/mol. The lowest BCUT2D eigenvalue weighted by atomic mass is 10.0. The van der Waals surface area contributed by atoms with Crippen LogP contribution in [-0.2, 0) is 9.59 Å². The first-order chi connectivity index (χ1) is 13.0. The fourth-order valence-electron chi connectivity index (χ4n) is 2.66. The van der Waals surface area contributed by atoms with Gasteiger partial charge in [0.1, 0.15) is 11.5 Å². The maximum Gasteiger partial charge on any atom is 0.313 e. The summed E-state index contributed by atoms with van der Waals surface area (Å²) in [7, 11) is 0. The molecule has 2 aromatic rings. The number of nitrogens with one attached hydrogen (secondary N) is 2. The van der Waals surface area contributed by atoms with Crippen molar-refractivity contribution in [3.05, 3.63) is 53.6 Å². The number of carbonyl (C=O) groups is 2. The third-order valence-electron chi connectivity index (χ3n) is 3.92. The Bertz CT molecular complexity index is 805. The summed E-state index contributed by atoms with van der Waals surface area (Å²) in [5.41, 5.74) is 2.33. The number of rotatable bonds is 7. The summed E-state index contributed by atoms with van der Waals surface area (Å²) in [5.74, 6) is -0.262. The molecule has 144 valence electrons. The van der Waals surface area contributed by atoms with Crippen LogP contribution in [0.2, 0.25) is 0 Å². The zero-order valence-electron chi connectivity index (χ0n) is 16.2. The predicted octanol–water partition coefficient (Wildman–Crippen LogP) is 3.61. The maximum absolute atomic E-state index is 12.3. The molecule has 0 aromatic heterocycles. The van der Waals surface area contributed by atoms with E-state index in [0.717, 1.165) is 11.1 Å². The topological polar surface area (TPSA) is 76.7 Å². The minimum absolute atomic E-state index is 0.383. The van der Waals surface area contributed by atoms with Crippen molar-refractivity contribution in [3.63, 3.8) is 0 Å². The monoisotopic (exact) mass is 370 g/mol. The van der Waals surface area contributed by atoms with Gasteiger partial charge in [0.15, 0.2) is 0 Å². The van der Waals surface area contributed by atoms with Gasteiger partial charge in [0.25, 0.3) is 0 Å². The fourth-order valence-corrected chi connectivity index (χ4v) is 2.66. The van der Waals surface area contributed by atoms with Crippen molar-refractivity contribution in [1.29, 1.82) is 0 Å². The molecule has 27 heavy (non-hydrogen) atoms. The van der Waals surface area contributed by atoms with E-state index < -0.39 is 11.8 Å². The van der Waals surface area contributed by atoms with Crippen LogP contribution in [0, 0.1) is 6.92 Å². The summed E-state index contributed by atoms with van der Waals surface area (Å²) in [5, 5.41) is 5.32. The van der Waals surface area contributed by atoms with E-state index in [1.165, 1.54) is 0 Å². The number of hydrogen-bond donors (Lipinski definition) is 2. The molecule has 1 atom stereocenters. The second-order valence-corrected chi connectivity index (χ2v) is 6.05. The number of benzene rings is 2. The van der Waals surface area contributed by atoms with E-state index in [9.17, 15) is 9.59 Å². The minimum atomic E-state index is -0.750. The van der Waals surface area contributed by atoms with Crippen molar-refractivity contribution < 1.29 is 19.1 Å². The van der Waals surface area contributed by atoms with Crippen LogP contribution in [0.15, 0.2) is 42.5 Å². The molecule has 6 nitrogen and oxygen atoms in total. The molecule has 0 spiro atoms. The van der Waals surface area contributed by atoms with Gasteiger partial charge >= 0.3 is 11.8 Å². The molecule has 2 amide bonds. The van der Waals surface area contributed by atoms with Crippen molar-refractivity contribution >= 4 is 17.5 Å². The van der Waals surface area contributed by atoms with Gasteiger partial charge in [-0.1, -0.05) is 29.8 Å². The Morgan fingerprint density at radius 3 is 2.33 bits per heavy atom. The van der Waals surface area contributed by atoms with Gasteiger partial charge in [-0.25, -0.2) is 0 Å². The lowest BCUT2D eigenvalue weighted by Crippen LogP contribution is -2.37. The van der Waals surface area contributed by atoms with Gasteiger partial charge in [0, 0.05) is 5.56 Å². The standard InChI is InChI=1S/C21H26N2O4/c1-5-26-18-12-11-14(3)13-16(18)15(4)22-20(24)21(25)23-17-9-7-8-10-19(17)27-6-2/h7-13,15H,5-6H2,1-4H3,(H,22,24)(H,23,25). The van der Waals surface area contributed by atoms with E-state index in [0.29, 0.717) is 30.4 Å². The van der Waals surface area contributed by atoms with E-state index in [2.05, 4.69) is 10.6 Å². The fraction of sp³-hybridized carbons (Fsp3) is 0.333. The van der Waals surface area contributed by atoms with E-state index in [4.69, 9.17) is 9.47 Å². The third kappa shape index (κ3) is 5.48. The average Bonchev–Trinajstić information content (AvgIpc) is 2.65. The second kappa shape index (κ2) is 9.62.